The van der Waals surface area contributed by atoms with Gasteiger partial charge in [0, 0.05) is 22.0 Å². The second-order valence-electron chi connectivity index (χ2n) is 4.34. The number of aryl methyl sites for hydroxylation is 1. The van der Waals surface area contributed by atoms with Crippen LogP contribution in [0.25, 0.3) is 0 Å². The summed E-state index contributed by atoms with van der Waals surface area (Å²) in [4.78, 5) is 4.20. The van der Waals surface area contributed by atoms with Crippen LogP contribution in [0.2, 0.25) is 0 Å². The van der Waals surface area contributed by atoms with Gasteiger partial charge in [0.15, 0.2) is 0 Å². The lowest BCUT2D eigenvalue weighted by Crippen LogP contribution is -2.08. The molecule has 2 aromatic rings. The van der Waals surface area contributed by atoms with Gasteiger partial charge in [0.2, 0.25) is 0 Å². The van der Waals surface area contributed by atoms with Crippen molar-refractivity contribution in [3.05, 3.63) is 49.9 Å². The molecule has 0 aliphatic heterocycles. The van der Waals surface area contributed by atoms with Crippen LogP contribution in [0.3, 0.4) is 0 Å². The molecule has 1 aromatic heterocycles. The van der Waals surface area contributed by atoms with Crippen LogP contribution >= 0.6 is 27.3 Å². The average molecular weight is 366 g/mol. The van der Waals surface area contributed by atoms with E-state index >= 15 is 0 Å². The lowest BCUT2D eigenvalue weighted by Gasteiger charge is -2.14. The van der Waals surface area contributed by atoms with E-state index in [2.05, 4.69) is 20.9 Å². The van der Waals surface area contributed by atoms with Crippen LogP contribution in [0.1, 0.15) is 27.9 Å². The van der Waals surface area contributed by atoms with Gasteiger partial charge in [-0.2, -0.15) is 13.2 Å². The molecule has 0 saturated heterocycles. The normalized spacial score (nSPS) is 13.5. The molecule has 1 unspecified atom stereocenters. The highest BCUT2D eigenvalue weighted by Crippen LogP contribution is 2.34. The van der Waals surface area contributed by atoms with Gasteiger partial charge in [-0.25, -0.2) is 4.98 Å². The minimum Gasteiger partial charge on any atom is -0.388 e. The Hall–Kier alpha value is -0.920. The second kappa shape index (κ2) is 5.83. The number of aliphatic hydroxyl groups is 1. The van der Waals surface area contributed by atoms with Gasteiger partial charge in [-0.1, -0.05) is 15.9 Å². The maximum atomic E-state index is 12.7. The van der Waals surface area contributed by atoms with Crippen molar-refractivity contribution < 1.29 is 18.3 Å². The van der Waals surface area contributed by atoms with E-state index in [1.54, 1.807) is 0 Å². The number of aliphatic hydroxyl groups excluding tert-OH is 1. The SMILES string of the molecule is Cc1csc(CC(O)c2cc(C(F)(F)F)ccc2Br)n1. The van der Waals surface area contributed by atoms with Crippen molar-refractivity contribution >= 4 is 27.3 Å². The number of thiazole rings is 1. The number of halogens is 4. The molecule has 0 radical (unpaired) electrons. The van der Waals surface area contributed by atoms with E-state index in [0.717, 1.165) is 17.8 Å². The van der Waals surface area contributed by atoms with Crippen LogP contribution < -0.4 is 0 Å². The fraction of sp³-hybridized carbons (Fsp3) is 0.308. The molecule has 0 saturated carbocycles. The number of hydrogen-bond acceptors (Lipinski definition) is 3. The largest absolute Gasteiger partial charge is 0.416 e. The summed E-state index contributed by atoms with van der Waals surface area (Å²) in [5, 5.41) is 12.7. The van der Waals surface area contributed by atoms with Gasteiger partial charge in [0.05, 0.1) is 16.7 Å². The van der Waals surface area contributed by atoms with Gasteiger partial charge in [-0.15, -0.1) is 11.3 Å². The molecule has 0 aliphatic carbocycles. The first-order valence-electron chi connectivity index (χ1n) is 5.73. The number of benzene rings is 1. The van der Waals surface area contributed by atoms with Gasteiger partial charge in [0.1, 0.15) is 0 Å². The Labute approximate surface area is 126 Å². The highest BCUT2D eigenvalue weighted by atomic mass is 79.9. The number of hydrogen-bond donors (Lipinski definition) is 1. The van der Waals surface area contributed by atoms with E-state index in [1.807, 2.05) is 12.3 Å². The predicted molar refractivity (Wildman–Crippen MR) is 74.7 cm³/mol. The van der Waals surface area contributed by atoms with Crippen molar-refractivity contribution in [2.75, 3.05) is 0 Å². The molecule has 108 valence electrons. The smallest absolute Gasteiger partial charge is 0.388 e. The molecule has 0 spiro atoms. The van der Waals surface area contributed by atoms with Crippen molar-refractivity contribution in [3.8, 4) is 0 Å². The van der Waals surface area contributed by atoms with Gasteiger partial charge in [-0.05, 0) is 30.7 Å². The summed E-state index contributed by atoms with van der Waals surface area (Å²) in [6.45, 7) is 1.83. The van der Waals surface area contributed by atoms with Gasteiger partial charge < -0.3 is 5.11 Å². The van der Waals surface area contributed by atoms with Crippen molar-refractivity contribution in [3.63, 3.8) is 0 Å². The van der Waals surface area contributed by atoms with Gasteiger partial charge >= 0.3 is 6.18 Å². The number of aromatic nitrogens is 1. The van der Waals surface area contributed by atoms with E-state index in [4.69, 9.17) is 0 Å². The molecule has 2 rings (SSSR count). The molecule has 1 N–H and O–H groups in total. The maximum Gasteiger partial charge on any atom is 0.416 e. The number of rotatable bonds is 3. The van der Waals surface area contributed by atoms with Crippen LogP contribution in [0.15, 0.2) is 28.1 Å². The first-order chi connectivity index (χ1) is 9.27. The minimum absolute atomic E-state index is 0.193. The van der Waals surface area contributed by atoms with E-state index in [9.17, 15) is 18.3 Å². The van der Waals surface area contributed by atoms with Crippen molar-refractivity contribution in [2.24, 2.45) is 0 Å². The van der Waals surface area contributed by atoms with Crippen LogP contribution in [-0.4, -0.2) is 10.1 Å². The summed E-state index contributed by atoms with van der Waals surface area (Å²) in [7, 11) is 0. The zero-order valence-electron chi connectivity index (χ0n) is 10.4. The quantitative estimate of drug-likeness (QED) is 0.867. The third kappa shape index (κ3) is 3.59. The second-order valence-corrected chi connectivity index (χ2v) is 6.13. The monoisotopic (exact) mass is 365 g/mol. The molecular formula is C13H11BrF3NOS. The van der Waals surface area contributed by atoms with E-state index in [0.29, 0.717) is 9.48 Å². The standard InChI is InChI=1S/C13H11BrF3NOS/c1-7-6-20-12(18-7)5-11(19)9-4-8(13(15,16)17)2-3-10(9)14/h2-4,6,11,19H,5H2,1H3. The summed E-state index contributed by atoms with van der Waals surface area (Å²) in [6, 6.07) is 3.25. The van der Waals surface area contributed by atoms with E-state index in [-0.39, 0.29) is 12.0 Å². The summed E-state index contributed by atoms with van der Waals surface area (Å²) in [6.07, 6.45) is -5.26. The summed E-state index contributed by atoms with van der Waals surface area (Å²) in [5.74, 6) is 0. The maximum absolute atomic E-state index is 12.7. The Bertz CT molecular complexity index is 612. The number of alkyl halides is 3. The molecule has 1 atom stereocenters. The molecule has 0 fully saturated rings. The highest BCUT2D eigenvalue weighted by molar-refractivity contribution is 9.10. The van der Waals surface area contributed by atoms with E-state index < -0.39 is 17.8 Å². The Morgan fingerprint density at radius 2 is 2.10 bits per heavy atom. The lowest BCUT2D eigenvalue weighted by atomic mass is 10.0. The highest BCUT2D eigenvalue weighted by Gasteiger charge is 2.31. The molecular weight excluding hydrogens is 355 g/mol. The van der Waals surface area contributed by atoms with Crippen LogP contribution in [0, 0.1) is 6.92 Å². The Morgan fingerprint density at radius 1 is 1.40 bits per heavy atom. The van der Waals surface area contributed by atoms with Crippen LogP contribution in [-0.2, 0) is 12.6 Å². The molecule has 0 aliphatic rings. The lowest BCUT2D eigenvalue weighted by molar-refractivity contribution is -0.137. The fourth-order valence-electron chi connectivity index (χ4n) is 1.75. The zero-order chi connectivity index (χ0) is 14.9. The van der Waals surface area contributed by atoms with Crippen molar-refractivity contribution in [2.45, 2.75) is 25.6 Å². The topological polar surface area (TPSA) is 33.1 Å². The molecule has 0 amide bonds. The molecule has 1 aromatic carbocycles. The molecule has 7 heteroatoms. The van der Waals surface area contributed by atoms with Gasteiger partial charge in [-0.3, -0.25) is 0 Å². The summed E-state index contributed by atoms with van der Waals surface area (Å²) < 4.78 is 38.5. The Morgan fingerprint density at radius 3 is 2.65 bits per heavy atom. The minimum atomic E-state index is -4.42. The summed E-state index contributed by atoms with van der Waals surface area (Å²) >= 11 is 4.55. The Kier molecular flexibility index (Phi) is 4.51. The fourth-order valence-corrected chi connectivity index (χ4v) is 3.07. The predicted octanol–water partition coefficient (Wildman–Crippen LogP) is 4.51. The summed E-state index contributed by atoms with van der Waals surface area (Å²) in [5.41, 5.74) is 0.276. The van der Waals surface area contributed by atoms with E-state index in [1.165, 1.54) is 17.4 Å². The molecule has 0 bridgehead atoms. The molecule has 20 heavy (non-hydrogen) atoms. The molecule has 1 heterocycles. The van der Waals surface area contributed by atoms with Gasteiger partial charge in [0.25, 0.3) is 0 Å². The number of nitrogens with zero attached hydrogens (tertiary/aromatic N) is 1. The first-order valence-corrected chi connectivity index (χ1v) is 7.40. The van der Waals surface area contributed by atoms with Crippen molar-refractivity contribution in [1.82, 2.24) is 4.98 Å². The Balaban J connectivity index is 2.27. The zero-order valence-corrected chi connectivity index (χ0v) is 12.8. The molecule has 2 nitrogen and oxygen atoms in total. The van der Waals surface area contributed by atoms with Crippen LogP contribution in [0.5, 0.6) is 0 Å². The van der Waals surface area contributed by atoms with Crippen LogP contribution in [0.4, 0.5) is 13.2 Å². The average Bonchev–Trinajstić information content (AvgIpc) is 2.73. The first kappa shape index (κ1) is 15.5. The van der Waals surface area contributed by atoms with Crippen molar-refractivity contribution in [1.29, 1.82) is 0 Å². The third-order valence-electron chi connectivity index (χ3n) is 2.72. The third-order valence-corrected chi connectivity index (χ3v) is 4.43.